The first-order valence-corrected chi connectivity index (χ1v) is 8.30. The smallest absolute Gasteiger partial charge is 0.339 e. The molecule has 23 heavy (non-hydrogen) atoms. The second-order valence-electron chi connectivity index (χ2n) is 5.96. The third kappa shape index (κ3) is 3.41. The Hall–Kier alpha value is -1.85. The van der Waals surface area contributed by atoms with E-state index in [0.29, 0.717) is 17.9 Å². The lowest BCUT2D eigenvalue weighted by atomic mass is 9.90. The van der Waals surface area contributed by atoms with E-state index in [1.54, 1.807) is 6.07 Å². The molecule has 0 saturated heterocycles. The standard InChI is InChI=1S/C18H23NO4/c1-2-19-10-12(20)11-22-15-8-5-9-16-17(15)13-6-3-4-7-14(13)18(21)23-16/h5,8-9,12,19-20H,2-4,6-7,10-11H2,1H3. The minimum Gasteiger partial charge on any atom is -0.490 e. The van der Waals surface area contributed by atoms with Crippen LogP contribution >= 0.6 is 0 Å². The molecule has 1 atom stereocenters. The summed E-state index contributed by atoms with van der Waals surface area (Å²) in [7, 11) is 0. The highest BCUT2D eigenvalue weighted by Gasteiger charge is 2.20. The first kappa shape index (κ1) is 16.0. The van der Waals surface area contributed by atoms with Gasteiger partial charge in [0.25, 0.3) is 0 Å². The van der Waals surface area contributed by atoms with Crippen LogP contribution in [0.1, 0.15) is 30.9 Å². The Balaban J connectivity index is 1.93. The van der Waals surface area contributed by atoms with Gasteiger partial charge in [0.2, 0.25) is 0 Å². The molecule has 0 aliphatic heterocycles. The summed E-state index contributed by atoms with van der Waals surface area (Å²) in [5, 5.41) is 13.9. The normalized spacial score (nSPS) is 15.4. The van der Waals surface area contributed by atoms with E-state index < -0.39 is 6.10 Å². The van der Waals surface area contributed by atoms with Crippen LogP contribution < -0.4 is 15.7 Å². The maximum absolute atomic E-state index is 12.1. The first-order chi connectivity index (χ1) is 11.2. The molecule has 2 aromatic rings. The Morgan fingerprint density at radius 1 is 1.30 bits per heavy atom. The summed E-state index contributed by atoms with van der Waals surface area (Å²) < 4.78 is 11.3. The maximum atomic E-state index is 12.1. The van der Waals surface area contributed by atoms with Crippen molar-refractivity contribution in [3.8, 4) is 5.75 Å². The lowest BCUT2D eigenvalue weighted by Crippen LogP contribution is -2.31. The molecule has 0 amide bonds. The number of aliphatic hydroxyl groups is 1. The van der Waals surface area contributed by atoms with Gasteiger partial charge >= 0.3 is 5.63 Å². The molecule has 0 fully saturated rings. The lowest BCUT2D eigenvalue weighted by molar-refractivity contribution is 0.107. The van der Waals surface area contributed by atoms with Crippen LogP contribution in [0, 0.1) is 0 Å². The molecule has 0 radical (unpaired) electrons. The molecule has 5 nitrogen and oxygen atoms in total. The van der Waals surface area contributed by atoms with E-state index in [4.69, 9.17) is 9.15 Å². The average molecular weight is 317 g/mol. The fourth-order valence-corrected chi connectivity index (χ4v) is 3.14. The predicted octanol–water partition coefficient (Wildman–Crippen LogP) is 2.02. The van der Waals surface area contributed by atoms with Gasteiger partial charge in [-0.3, -0.25) is 0 Å². The Labute approximate surface area is 135 Å². The highest BCUT2D eigenvalue weighted by molar-refractivity contribution is 5.87. The van der Waals surface area contributed by atoms with Crippen molar-refractivity contribution in [1.29, 1.82) is 0 Å². The molecule has 0 bridgehead atoms. The number of aryl methyl sites for hydroxylation is 1. The summed E-state index contributed by atoms with van der Waals surface area (Å²) in [6.07, 6.45) is 3.16. The Morgan fingerprint density at radius 3 is 2.87 bits per heavy atom. The molecule has 0 spiro atoms. The van der Waals surface area contributed by atoms with Crippen LogP contribution in [0.25, 0.3) is 11.0 Å². The Morgan fingerprint density at radius 2 is 2.09 bits per heavy atom. The molecular weight excluding hydrogens is 294 g/mol. The van der Waals surface area contributed by atoms with E-state index in [1.165, 1.54) is 0 Å². The number of nitrogens with one attached hydrogen (secondary N) is 1. The van der Waals surface area contributed by atoms with E-state index >= 15 is 0 Å². The van der Waals surface area contributed by atoms with Crippen LogP contribution in [-0.4, -0.2) is 30.9 Å². The van der Waals surface area contributed by atoms with Crippen molar-refractivity contribution >= 4 is 11.0 Å². The van der Waals surface area contributed by atoms with Crippen molar-refractivity contribution in [2.45, 2.75) is 38.7 Å². The average Bonchev–Trinajstić information content (AvgIpc) is 2.58. The quantitative estimate of drug-likeness (QED) is 0.798. The van der Waals surface area contributed by atoms with Crippen LogP contribution in [0.4, 0.5) is 0 Å². The van der Waals surface area contributed by atoms with Gasteiger partial charge in [0.15, 0.2) is 0 Å². The Bertz CT molecular complexity index is 738. The molecule has 5 heteroatoms. The molecule has 1 aromatic carbocycles. The van der Waals surface area contributed by atoms with E-state index in [1.807, 2.05) is 19.1 Å². The molecule has 2 N–H and O–H groups in total. The van der Waals surface area contributed by atoms with Crippen LogP contribution in [0.15, 0.2) is 27.4 Å². The number of rotatable bonds is 6. The second-order valence-corrected chi connectivity index (χ2v) is 5.96. The van der Waals surface area contributed by atoms with Gasteiger partial charge in [0.05, 0.1) is 5.39 Å². The van der Waals surface area contributed by atoms with Crippen LogP contribution in [0.5, 0.6) is 5.75 Å². The molecule has 1 heterocycles. The van der Waals surface area contributed by atoms with Gasteiger partial charge in [-0.2, -0.15) is 0 Å². The van der Waals surface area contributed by atoms with Gasteiger partial charge in [-0.05, 0) is 49.9 Å². The lowest BCUT2D eigenvalue weighted by Gasteiger charge is -2.19. The summed E-state index contributed by atoms with van der Waals surface area (Å²) in [6, 6.07) is 5.48. The summed E-state index contributed by atoms with van der Waals surface area (Å²) >= 11 is 0. The summed E-state index contributed by atoms with van der Waals surface area (Å²) in [4.78, 5) is 12.1. The van der Waals surface area contributed by atoms with Gasteiger partial charge in [0.1, 0.15) is 24.0 Å². The summed E-state index contributed by atoms with van der Waals surface area (Å²) in [5.41, 5.74) is 2.18. The molecule has 124 valence electrons. The minimum atomic E-state index is -0.572. The van der Waals surface area contributed by atoms with Gasteiger partial charge < -0.3 is 19.6 Å². The van der Waals surface area contributed by atoms with E-state index in [0.717, 1.165) is 48.7 Å². The van der Waals surface area contributed by atoms with Crippen molar-refractivity contribution in [3.63, 3.8) is 0 Å². The van der Waals surface area contributed by atoms with E-state index in [2.05, 4.69) is 5.32 Å². The predicted molar refractivity (Wildman–Crippen MR) is 89.2 cm³/mol. The number of fused-ring (bicyclic) bond motifs is 3. The topological polar surface area (TPSA) is 71.7 Å². The largest absolute Gasteiger partial charge is 0.490 e. The zero-order valence-corrected chi connectivity index (χ0v) is 13.4. The molecular formula is C18H23NO4. The van der Waals surface area contributed by atoms with Crippen LogP contribution in [0.2, 0.25) is 0 Å². The van der Waals surface area contributed by atoms with Crippen LogP contribution in [0.3, 0.4) is 0 Å². The summed E-state index contributed by atoms with van der Waals surface area (Å²) in [5.74, 6) is 0.681. The third-order valence-electron chi connectivity index (χ3n) is 4.27. The van der Waals surface area contributed by atoms with E-state index in [9.17, 15) is 9.90 Å². The Kier molecular flexibility index (Phi) is 4.98. The van der Waals surface area contributed by atoms with Crippen molar-refractivity contribution < 1.29 is 14.3 Å². The SMILES string of the molecule is CCNCC(O)COc1cccc2oc(=O)c3c(c12)CCCC3. The monoisotopic (exact) mass is 317 g/mol. The highest BCUT2D eigenvalue weighted by Crippen LogP contribution is 2.33. The van der Waals surface area contributed by atoms with Crippen molar-refractivity contribution in [3.05, 3.63) is 39.7 Å². The number of likely N-dealkylation sites (N-methyl/N-ethyl adjacent to an activating group) is 1. The van der Waals surface area contributed by atoms with Crippen molar-refractivity contribution in [2.75, 3.05) is 19.7 Å². The second kappa shape index (κ2) is 7.15. The number of ether oxygens (including phenoxy) is 1. The molecule has 0 saturated carbocycles. The number of hydrogen-bond donors (Lipinski definition) is 2. The van der Waals surface area contributed by atoms with Gasteiger partial charge in [-0.25, -0.2) is 4.79 Å². The molecule has 1 aromatic heterocycles. The van der Waals surface area contributed by atoms with Gasteiger partial charge in [0, 0.05) is 12.1 Å². The molecule has 1 aliphatic rings. The van der Waals surface area contributed by atoms with Gasteiger partial charge in [-0.1, -0.05) is 13.0 Å². The fraction of sp³-hybridized carbons (Fsp3) is 0.500. The number of benzene rings is 1. The van der Waals surface area contributed by atoms with E-state index in [-0.39, 0.29) is 12.2 Å². The highest BCUT2D eigenvalue weighted by atomic mass is 16.5. The third-order valence-corrected chi connectivity index (χ3v) is 4.27. The molecule has 1 aliphatic carbocycles. The first-order valence-electron chi connectivity index (χ1n) is 8.30. The number of aliphatic hydroxyl groups excluding tert-OH is 1. The van der Waals surface area contributed by atoms with Crippen molar-refractivity contribution in [1.82, 2.24) is 5.32 Å². The van der Waals surface area contributed by atoms with Crippen molar-refractivity contribution in [2.24, 2.45) is 0 Å². The maximum Gasteiger partial charge on any atom is 0.339 e. The molecule has 1 unspecified atom stereocenters. The zero-order chi connectivity index (χ0) is 16.2. The van der Waals surface area contributed by atoms with Crippen LogP contribution in [-0.2, 0) is 12.8 Å². The fourth-order valence-electron chi connectivity index (χ4n) is 3.14. The zero-order valence-electron chi connectivity index (χ0n) is 13.4. The minimum absolute atomic E-state index is 0.208. The summed E-state index contributed by atoms with van der Waals surface area (Å²) in [6.45, 7) is 3.51. The molecule has 3 rings (SSSR count). The number of hydrogen-bond acceptors (Lipinski definition) is 5. The van der Waals surface area contributed by atoms with Gasteiger partial charge in [-0.15, -0.1) is 0 Å².